The maximum Gasteiger partial charge on any atom is 0.268 e. The summed E-state index contributed by atoms with van der Waals surface area (Å²) in [5, 5.41) is 3.11. The molecule has 1 N–H and O–H groups in total. The lowest BCUT2D eigenvalue weighted by Gasteiger charge is -2.23. The summed E-state index contributed by atoms with van der Waals surface area (Å²) >= 11 is 0. The molecule has 5 rings (SSSR count). The zero-order valence-electron chi connectivity index (χ0n) is 19.9. The lowest BCUT2D eigenvalue weighted by atomic mass is 9.95. The van der Waals surface area contributed by atoms with Gasteiger partial charge in [0.15, 0.2) is 23.3 Å². The molecule has 4 aromatic rings. The first-order valence-electron chi connectivity index (χ1n) is 11.8. The first-order chi connectivity index (χ1) is 17.1. The lowest BCUT2D eigenvalue weighted by Crippen LogP contribution is -2.24. The Bertz CT molecular complexity index is 1560. The highest BCUT2D eigenvalue weighted by Crippen LogP contribution is 2.35. The Kier molecular flexibility index (Phi) is 6.23. The van der Waals surface area contributed by atoms with E-state index in [4.69, 9.17) is 0 Å². The van der Waals surface area contributed by atoms with Gasteiger partial charge in [-0.25, -0.2) is 35.5 Å². The number of aryl methyl sites for hydroxylation is 2. The first kappa shape index (κ1) is 24.3. The van der Waals surface area contributed by atoms with Gasteiger partial charge in [-0.2, -0.15) is 0 Å². The number of aromatic nitrogens is 3. The molecule has 0 bridgehead atoms. The zero-order valence-corrected chi connectivity index (χ0v) is 20.7. The SMILES string of the molecule is Cc1ccc(S(=O)(=O)n2cc(-c3nc(C)c(F)c(NC4CCCCC4)n3)c3cc(F)cc(F)c32)cc1. The number of nitrogens with one attached hydrogen (secondary N) is 1. The van der Waals surface area contributed by atoms with Gasteiger partial charge < -0.3 is 5.32 Å². The fraction of sp³-hybridized carbons (Fsp3) is 0.308. The summed E-state index contributed by atoms with van der Waals surface area (Å²) in [5.41, 5.74) is 0.638. The number of halogens is 3. The van der Waals surface area contributed by atoms with Crippen LogP contribution < -0.4 is 5.32 Å². The van der Waals surface area contributed by atoms with Crippen LogP contribution >= 0.6 is 0 Å². The fourth-order valence-corrected chi connectivity index (χ4v) is 6.03. The molecule has 0 unspecified atom stereocenters. The summed E-state index contributed by atoms with van der Waals surface area (Å²) in [4.78, 5) is 8.48. The summed E-state index contributed by atoms with van der Waals surface area (Å²) in [6.07, 6.45) is 6.10. The van der Waals surface area contributed by atoms with Gasteiger partial charge in [-0.05, 0) is 44.9 Å². The molecular formula is C26H25F3N4O2S. The van der Waals surface area contributed by atoms with E-state index < -0.39 is 27.5 Å². The van der Waals surface area contributed by atoms with E-state index in [1.54, 1.807) is 12.1 Å². The Balaban J connectivity index is 1.70. The molecule has 1 aliphatic rings. The molecular weight excluding hydrogens is 489 g/mol. The first-order valence-corrected chi connectivity index (χ1v) is 13.2. The number of anilines is 1. The average molecular weight is 515 g/mol. The van der Waals surface area contributed by atoms with Gasteiger partial charge >= 0.3 is 0 Å². The van der Waals surface area contributed by atoms with Crippen molar-refractivity contribution in [3.05, 3.63) is 71.3 Å². The molecule has 2 heterocycles. The van der Waals surface area contributed by atoms with E-state index in [-0.39, 0.29) is 44.7 Å². The maximum atomic E-state index is 15.0. The van der Waals surface area contributed by atoms with E-state index in [0.29, 0.717) is 6.07 Å². The highest BCUT2D eigenvalue weighted by molar-refractivity contribution is 7.90. The quantitative estimate of drug-likeness (QED) is 0.348. The van der Waals surface area contributed by atoms with Crippen molar-refractivity contribution in [2.45, 2.75) is 56.9 Å². The number of nitrogens with zero attached hydrogens (tertiary/aromatic N) is 3. The van der Waals surface area contributed by atoms with Crippen molar-refractivity contribution in [3.8, 4) is 11.4 Å². The number of hydrogen-bond acceptors (Lipinski definition) is 5. The second kappa shape index (κ2) is 9.24. The molecule has 0 saturated heterocycles. The molecule has 1 aliphatic carbocycles. The highest BCUT2D eigenvalue weighted by atomic mass is 32.2. The average Bonchev–Trinajstić information content (AvgIpc) is 3.23. The standard InChI is InChI=1S/C26H25F3N4O2S/c1-15-8-10-19(11-9-15)36(34,35)33-14-21(20-12-17(27)13-22(28)24(20)33)25-30-16(2)23(29)26(32-25)31-18-6-4-3-5-7-18/h8-14,18H,3-7H2,1-2H3,(H,30,31,32). The summed E-state index contributed by atoms with van der Waals surface area (Å²) < 4.78 is 72.0. The molecule has 0 atom stereocenters. The van der Waals surface area contributed by atoms with Crippen molar-refractivity contribution in [1.82, 2.24) is 13.9 Å². The topological polar surface area (TPSA) is 76.9 Å². The van der Waals surface area contributed by atoms with E-state index in [2.05, 4.69) is 15.3 Å². The summed E-state index contributed by atoms with van der Waals surface area (Å²) in [6, 6.07) is 7.81. The third-order valence-corrected chi connectivity index (χ3v) is 8.24. The zero-order chi connectivity index (χ0) is 25.6. The van der Waals surface area contributed by atoms with Crippen molar-refractivity contribution in [2.75, 3.05) is 5.32 Å². The minimum absolute atomic E-state index is 0.0106. The van der Waals surface area contributed by atoms with Crippen LogP contribution in [0.2, 0.25) is 0 Å². The normalized spacial score (nSPS) is 14.9. The van der Waals surface area contributed by atoms with Crippen LogP contribution in [-0.4, -0.2) is 28.4 Å². The van der Waals surface area contributed by atoms with Crippen molar-refractivity contribution >= 4 is 26.7 Å². The highest BCUT2D eigenvalue weighted by Gasteiger charge is 2.27. The van der Waals surface area contributed by atoms with Crippen LogP contribution in [0.1, 0.15) is 43.4 Å². The summed E-state index contributed by atoms with van der Waals surface area (Å²) in [6.45, 7) is 3.28. The molecule has 0 spiro atoms. The van der Waals surface area contributed by atoms with Crippen LogP contribution in [0.5, 0.6) is 0 Å². The van der Waals surface area contributed by atoms with Gasteiger partial charge in [0.05, 0.1) is 10.6 Å². The third kappa shape index (κ3) is 4.34. The van der Waals surface area contributed by atoms with Crippen molar-refractivity contribution in [1.29, 1.82) is 0 Å². The molecule has 0 amide bonds. The van der Waals surface area contributed by atoms with Crippen LogP contribution in [0.3, 0.4) is 0 Å². The predicted molar refractivity (Wildman–Crippen MR) is 132 cm³/mol. The second-order valence-corrected chi connectivity index (χ2v) is 11.0. The number of hydrogen-bond donors (Lipinski definition) is 1. The van der Waals surface area contributed by atoms with Gasteiger partial charge in [-0.1, -0.05) is 37.0 Å². The number of rotatable bonds is 5. The molecule has 0 aliphatic heterocycles. The van der Waals surface area contributed by atoms with E-state index in [1.165, 1.54) is 25.3 Å². The summed E-state index contributed by atoms with van der Waals surface area (Å²) in [7, 11) is -4.25. The monoisotopic (exact) mass is 514 g/mol. The van der Waals surface area contributed by atoms with Gasteiger partial charge in [0, 0.05) is 29.3 Å². The van der Waals surface area contributed by atoms with Crippen molar-refractivity contribution in [2.24, 2.45) is 0 Å². The Morgan fingerprint density at radius 1 is 0.972 bits per heavy atom. The van der Waals surface area contributed by atoms with Gasteiger partial charge in [-0.3, -0.25) is 0 Å². The van der Waals surface area contributed by atoms with Gasteiger partial charge in [-0.15, -0.1) is 0 Å². The minimum Gasteiger partial charge on any atom is -0.365 e. The van der Waals surface area contributed by atoms with Crippen LogP contribution in [0, 0.1) is 31.3 Å². The molecule has 2 aromatic carbocycles. The van der Waals surface area contributed by atoms with Crippen LogP contribution in [0.25, 0.3) is 22.3 Å². The van der Waals surface area contributed by atoms with Crippen LogP contribution in [-0.2, 0) is 10.0 Å². The van der Waals surface area contributed by atoms with Gasteiger partial charge in [0.25, 0.3) is 10.0 Å². The molecule has 1 saturated carbocycles. The fourth-order valence-electron chi connectivity index (χ4n) is 4.65. The Morgan fingerprint density at radius 3 is 2.36 bits per heavy atom. The van der Waals surface area contributed by atoms with Crippen molar-refractivity contribution < 1.29 is 21.6 Å². The third-order valence-electron chi connectivity index (χ3n) is 6.57. The van der Waals surface area contributed by atoms with E-state index >= 15 is 4.39 Å². The van der Waals surface area contributed by atoms with E-state index in [1.807, 2.05) is 6.92 Å². The van der Waals surface area contributed by atoms with Crippen molar-refractivity contribution in [3.63, 3.8) is 0 Å². The minimum atomic E-state index is -4.25. The number of fused-ring (bicyclic) bond motifs is 1. The van der Waals surface area contributed by atoms with Crippen LogP contribution in [0.4, 0.5) is 19.0 Å². The maximum absolute atomic E-state index is 15.0. The van der Waals surface area contributed by atoms with E-state index in [0.717, 1.165) is 47.7 Å². The molecule has 1 fully saturated rings. The van der Waals surface area contributed by atoms with Gasteiger partial charge in [0.1, 0.15) is 11.3 Å². The van der Waals surface area contributed by atoms with E-state index in [9.17, 15) is 17.2 Å². The Labute approximate surface area is 207 Å². The Hall–Kier alpha value is -3.40. The molecule has 188 valence electrons. The number of benzene rings is 2. The molecule has 36 heavy (non-hydrogen) atoms. The molecule has 10 heteroatoms. The Morgan fingerprint density at radius 2 is 1.67 bits per heavy atom. The summed E-state index contributed by atoms with van der Waals surface area (Å²) in [5.74, 6) is -2.58. The van der Waals surface area contributed by atoms with Gasteiger partial charge in [0.2, 0.25) is 0 Å². The molecule has 6 nitrogen and oxygen atoms in total. The molecule has 2 aromatic heterocycles. The predicted octanol–water partition coefficient (Wildman–Crippen LogP) is 6.11. The smallest absolute Gasteiger partial charge is 0.268 e. The largest absolute Gasteiger partial charge is 0.365 e. The molecule has 0 radical (unpaired) electrons. The van der Waals surface area contributed by atoms with Crippen LogP contribution in [0.15, 0.2) is 47.5 Å². The lowest BCUT2D eigenvalue weighted by molar-refractivity contribution is 0.459. The second-order valence-electron chi connectivity index (χ2n) is 9.21.